The molecule has 2 aromatic rings. The molecular formula is C28H36N2O5. The van der Waals surface area contributed by atoms with Gasteiger partial charge >= 0.3 is 5.97 Å². The number of aromatic nitrogens is 1. The molecule has 7 heteroatoms. The number of nitrogens with zero attached hydrogens (tertiary/aromatic N) is 2. The number of fused-ring (bicyclic) bond motifs is 1. The van der Waals surface area contributed by atoms with Gasteiger partial charge in [0.2, 0.25) is 11.8 Å². The molecule has 1 aliphatic heterocycles. The first kappa shape index (κ1) is 26.3. The van der Waals surface area contributed by atoms with E-state index >= 15 is 0 Å². The van der Waals surface area contributed by atoms with Crippen LogP contribution in [-0.4, -0.2) is 40.0 Å². The smallest absolute Gasteiger partial charge is 0.331 e. The highest BCUT2D eigenvalue weighted by atomic mass is 16.5. The number of carboxylic acid groups (broad SMARTS) is 1. The molecule has 0 aliphatic carbocycles. The average Bonchev–Trinajstić information content (AvgIpc) is 3.19. The predicted octanol–water partition coefficient (Wildman–Crippen LogP) is 5.67. The Hall–Kier alpha value is -3.35. The maximum atomic E-state index is 12.7. The van der Waals surface area contributed by atoms with Crippen molar-refractivity contribution in [3.8, 4) is 5.75 Å². The minimum atomic E-state index is -1.04. The highest BCUT2D eigenvalue weighted by Gasteiger charge is 2.35. The molecule has 1 atom stereocenters. The predicted molar refractivity (Wildman–Crippen MR) is 135 cm³/mol. The SMILES string of the molecule is CCC/C=C/c1nc(CCOc2ccc3c(c2)C(C(=O)O)N(C(=O)C=CCCCC)CC3)c(C)o1. The molecule has 1 aromatic heterocycles. The zero-order valence-corrected chi connectivity index (χ0v) is 21.0. The van der Waals surface area contributed by atoms with Gasteiger partial charge in [-0.1, -0.05) is 51.3 Å². The van der Waals surface area contributed by atoms with Crippen molar-refractivity contribution in [2.75, 3.05) is 13.2 Å². The summed E-state index contributed by atoms with van der Waals surface area (Å²) >= 11 is 0. The Morgan fingerprint density at radius 3 is 2.80 bits per heavy atom. The Bertz CT molecular complexity index is 1070. The van der Waals surface area contributed by atoms with Crippen molar-refractivity contribution >= 4 is 18.0 Å². The largest absolute Gasteiger partial charge is 0.493 e. The molecule has 0 radical (unpaired) electrons. The molecule has 1 unspecified atom stereocenters. The quantitative estimate of drug-likeness (QED) is 0.311. The normalized spacial score (nSPS) is 15.6. The number of carbonyl (C=O) groups is 2. The zero-order chi connectivity index (χ0) is 25.2. The molecule has 0 saturated heterocycles. The summed E-state index contributed by atoms with van der Waals surface area (Å²) in [6.45, 7) is 6.85. The number of carbonyl (C=O) groups excluding carboxylic acids is 1. The van der Waals surface area contributed by atoms with Crippen molar-refractivity contribution in [1.29, 1.82) is 0 Å². The zero-order valence-electron chi connectivity index (χ0n) is 21.0. The highest BCUT2D eigenvalue weighted by molar-refractivity contribution is 5.92. The number of hydrogen-bond donors (Lipinski definition) is 1. The Kier molecular flexibility index (Phi) is 9.70. The summed E-state index contributed by atoms with van der Waals surface area (Å²) in [4.78, 5) is 30.9. The molecule has 188 valence electrons. The summed E-state index contributed by atoms with van der Waals surface area (Å²) in [5.41, 5.74) is 2.38. The Balaban J connectivity index is 1.67. The maximum Gasteiger partial charge on any atom is 0.331 e. The lowest BCUT2D eigenvalue weighted by Gasteiger charge is -2.34. The highest BCUT2D eigenvalue weighted by Crippen LogP contribution is 2.33. The van der Waals surface area contributed by atoms with Gasteiger partial charge in [0.15, 0.2) is 6.04 Å². The van der Waals surface area contributed by atoms with E-state index in [4.69, 9.17) is 9.15 Å². The van der Waals surface area contributed by atoms with Crippen molar-refractivity contribution in [3.05, 3.63) is 64.9 Å². The summed E-state index contributed by atoms with van der Waals surface area (Å²) in [5.74, 6) is 0.628. The second-order valence-corrected chi connectivity index (χ2v) is 8.77. The number of aryl methyl sites for hydroxylation is 1. The van der Waals surface area contributed by atoms with Crippen LogP contribution in [-0.2, 0) is 22.4 Å². The van der Waals surface area contributed by atoms with E-state index in [1.807, 2.05) is 37.3 Å². The van der Waals surface area contributed by atoms with E-state index in [1.54, 1.807) is 6.07 Å². The molecule has 0 bridgehead atoms. The van der Waals surface area contributed by atoms with E-state index in [2.05, 4.69) is 18.8 Å². The molecule has 1 amide bonds. The van der Waals surface area contributed by atoms with Crippen LogP contribution in [0.15, 0.2) is 40.8 Å². The fraction of sp³-hybridized carbons (Fsp3) is 0.464. The van der Waals surface area contributed by atoms with Crippen LogP contribution >= 0.6 is 0 Å². The standard InChI is InChI=1S/C28H36N2O5/c1-4-6-8-10-12-26(31)30-17-15-21-13-14-22(19-23(21)27(30)28(32)33)34-18-16-24-20(3)35-25(29-24)11-9-7-5-2/h9-14,19,27H,4-8,15-18H2,1-3H3,(H,32,33)/b11-9+,12-10?. The lowest BCUT2D eigenvalue weighted by Crippen LogP contribution is -2.42. The van der Waals surface area contributed by atoms with Crippen LogP contribution in [0, 0.1) is 6.92 Å². The van der Waals surface area contributed by atoms with Gasteiger partial charge in [0, 0.05) is 13.0 Å². The third-order valence-corrected chi connectivity index (χ3v) is 6.08. The molecule has 3 rings (SSSR count). The molecular weight excluding hydrogens is 444 g/mol. The van der Waals surface area contributed by atoms with Gasteiger partial charge in [-0.2, -0.15) is 0 Å². The summed E-state index contributed by atoms with van der Waals surface area (Å²) in [5, 5.41) is 9.96. The molecule has 0 fully saturated rings. The monoisotopic (exact) mass is 480 g/mol. The van der Waals surface area contributed by atoms with Crippen LogP contribution < -0.4 is 4.74 Å². The van der Waals surface area contributed by atoms with Gasteiger partial charge in [0.1, 0.15) is 11.5 Å². The van der Waals surface area contributed by atoms with Crippen molar-refractivity contribution in [3.63, 3.8) is 0 Å². The Labute approximate surface area is 207 Å². The second kappa shape index (κ2) is 12.9. The summed E-state index contributed by atoms with van der Waals surface area (Å²) in [6.07, 6.45) is 13.4. The van der Waals surface area contributed by atoms with Crippen LogP contribution in [0.4, 0.5) is 0 Å². The van der Waals surface area contributed by atoms with E-state index in [0.717, 1.165) is 49.1 Å². The van der Waals surface area contributed by atoms with Crippen molar-refractivity contribution in [1.82, 2.24) is 9.88 Å². The maximum absolute atomic E-state index is 12.7. The first-order chi connectivity index (χ1) is 16.9. The van der Waals surface area contributed by atoms with E-state index in [0.29, 0.717) is 43.2 Å². The van der Waals surface area contributed by atoms with Gasteiger partial charge in [-0.25, -0.2) is 9.78 Å². The molecule has 1 aromatic carbocycles. The number of rotatable bonds is 12. The minimum absolute atomic E-state index is 0.268. The number of amides is 1. The van der Waals surface area contributed by atoms with Gasteiger partial charge in [0.05, 0.1) is 12.3 Å². The number of ether oxygens (including phenoxy) is 1. The number of oxazole rings is 1. The van der Waals surface area contributed by atoms with Crippen molar-refractivity contribution < 1.29 is 23.8 Å². The van der Waals surface area contributed by atoms with Gasteiger partial charge in [-0.15, -0.1) is 0 Å². The number of aliphatic carboxylic acids is 1. The van der Waals surface area contributed by atoms with Crippen molar-refractivity contribution in [2.24, 2.45) is 0 Å². The van der Waals surface area contributed by atoms with Crippen LogP contribution in [0.5, 0.6) is 5.75 Å². The summed E-state index contributed by atoms with van der Waals surface area (Å²) in [6, 6.07) is 4.48. The van der Waals surface area contributed by atoms with E-state index in [1.165, 1.54) is 11.0 Å². The third kappa shape index (κ3) is 7.07. The fourth-order valence-corrected chi connectivity index (χ4v) is 4.16. The van der Waals surface area contributed by atoms with Crippen LogP contribution in [0.2, 0.25) is 0 Å². The molecule has 35 heavy (non-hydrogen) atoms. The van der Waals surface area contributed by atoms with Crippen LogP contribution in [0.25, 0.3) is 6.08 Å². The summed E-state index contributed by atoms with van der Waals surface area (Å²) < 4.78 is 11.6. The fourth-order valence-electron chi connectivity index (χ4n) is 4.16. The lowest BCUT2D eigenvalue weighted by atomic mass is 9.92. The van der Waals surface area contributed by atoms with Crippen LogP contribution in [0.1, 0.15) is 80.5 Å². The molecule has 0 saturated carbocycles. The van der Waals surface area contributed by atoms with Gasteiger partial charge in [-0.05, 0) is 61.6 Å². The number of benzene rings is 1. The van der Waals surface area contributed by atoms with E-state index in [9.17, 15) is 14.7 Å². The average molecular weight is 481 g/mol. The first-order valence-corrected chi connectivity index (χ1v) is 12.5. The molecule has 2 heterocycles. The minimum Gasteiger partial charge on any atom is -0.493 e. The Morgan fingerprint density at radius 1 is 1.23 bits per heavy atom. The topological polar surface area (TPSA) is 92.9 Å². The lowest BCUT2D eigenvalue weighted by molar-refractivity contribution is -0.149. The van der Waals surface area contributed by atoms with Gasteiger partial charge in [0.25, 0.3) is 0 Å². The van der Waals surface area contributed by atoms with Gasteiger partial charge in [-0.3, -0.25) is 4.79 Å². The second-order valence-electron chi connectivity index (χ2n) is 8.77. The first-order valence-electron chi connectivity index (χ1n) is 12.5. The molecule has 1 N–H and O–H groups in total. The molecule has 7 nitrogen and oxygen atoms in total. The molecule has 0 spiro atoms. The summed E-state index contributed by atoms with van der Waals surface area (Å²) in [7, 11) is 0. The number of hydrogen-bond acceptors (Lipinski definition) is 5. The van der Waals surface area contributed by atoms with Gasteiger partial charge < -0.3 is 19.2 Å². The van der Waals surface area contributed by atoms with E-state index in [-0.39, 0.29) is 5.91 Å². The van der Waals surface area contributed by atoms with Crippen LogP contribution in [0.3, 0.4) is 0 Å². The number of carboxylic acids is 1. The Morgan fingerprint density at radius 2 is 2.06 bits per heavy atom. The number of allylic oxidation sites excluding steroid dienone is 2. The molecule has 1 aliphatic rings. The number of unbranched alkanes of at least 4 members (excludes halogenated alkanes) is 3. The third-order valence-electron chi connectivity index (χ3n) is 6.08. The van der Waals surface area contributed by atoms with Crippen molar-refractivity contribution in [2.45, 2.75) is 71.8 Å². The van der Waals surface area contributed by atoms with E-state index < -0.39 is 12.0 Å².